The number of thiazole rings is 1. The average Bonchev–Trinajstić information content (AvgIpc) is 3.13. The maximum Gasteiger partial charge on any atom is 0.271 e. The van der Waals surface area contributed by atoms with Gasteiger partial charge in [0.25, 0.3) is 5.56 Å². The van der Waals surface area contributed by atoms with Crippen LogP contribution < -0.4 is 14.9 Å². The first-order valence-corrected chi connectivity index (χ1v) is 11.6. The third kappa shape index (κ3) is 3.34. The van der Waals surface area contributed by atoms with E-state index in [4.69, 9.17) is 4.99 Å². The molecule has 2 heterocycles. The molecule has 0 spiro atoms. The van der Waals surface area contributed by atoms with E-state index in [1.165, 1.54) is 29.0 Å². The first kappa shape index (κ1) is 19.9. The first-order chi connectivity index (χ1) is 16.1. The molecule has 2 aliphatic rings. The van der Waals surface area contributed by atoms with Crippen LogP contribution >= 0.6 is 11.3 Å². The lowest BCUT2D eigenvalue weighted by molar-refractivity contribution is 0.475. The van der Waals surface area contributed by atoms with Crippen LogP contribution in [0.2, 0.25) is 0 Å². The molecule has 0 saturated carbocycles. The second-order valence-electron chi connectivity index (χ2n) is 8.26. The van der Waals surface area contributed by atoms with E-state index in [2.05, 4.69) is 12.1 Å². The Balaban J connectivity index is 1.63. The summed E-state index contributed by atoms with van der Waals surface area (Å²) < 4.78 is 16.0. The number of aromatic hydroxyl groups is 1. The fourth-order valence-corrected chi connectivity index (χ4v) is 5.73. The summed E-state index contributed by atoms with van der Waals surface area (Å²) in [4.78, 5) is 19.2. The minimum absolute atomic E-state index is 0.137. The van der Waals surface area contributed by atoms with Crippen LogP contribution in [0.25, 0.3) is 11.8 Å². The molecule has 1 aliphatic heterocycles. The van der Waals surface area contributed by atoms with Gasteiger partial charge in [-0.3, -0.25) is 9.36 Å². The summed E-state index contributed by atoms with van der Waals surface area (Å²) in [5.41, 5.74) is 5.80. The van der Waals surface area contributed by atoms with E-state index >= 15 is 0 Å². The molecule has 1 aromatic heterocycles. The number of hydrogen-bond donors (Lipinski definition) is 1. The molecule has 0 fully saturated rings. The van der Waals surface area contributed by atoms with Crippen LogP contribution in [0.3, 0.4) is 0 Å². The topological polar surface area (TPSA) is 54.6 Å². The molecule has 6 heteroatoms. The Kier molecular flexibility index (Phi) is 4.62. The number of nitrogens with zero attached hydrogens (tertiary/aromatic N) is 2. The van der Waals surface area contributed by atoms with Crippen molar-refractivity contribution < 1.29 is 9.50 Å². The number of benzene rings is 3. The minimum Gasteiger partial charge on any atom is -0.508 e. The van der Waals surface area contributed by atoms with Gasteiger partial charge in [-0.05, 0) is 65.4 Å². The van der Waals surface area contributed by atoms with Gasteiger partial charge >= 0.3 is 0 Å². The van der Waals surface area contributed by atoms with Gasteiger partial charge in [0.2, 0.25) is 0 Å². The lowest BCUT2D eigenvalue weighted by Crippen LogP contribution is -2.38. The molecule has 33 heavy (non-hydrogen) atoms. The van der Waals surface area contributed by atoms with E-state index < -0.39 is 0 Å². The normalized spacial score (nSPS) is 17.2. The second kappa shape index (κ2) is 7.67. The van der Waals surface area contributed by atoms with Gasteiger partial charge in [-0.25, -0.2) is 9.38 Å². The number of halogens is 1. The SMILES string of the molecule is O=c1/c(=C/c2cccc(O)c2)sc2n1C(c1ccc(F)cc1)C1=C(N=2)c2ccccc2CC1. The summed E-state index contributed by atoms with van der Waals surface area (Å²) in [5.74, 6) is -0.161. The molecule has 0 radical (unpaired) electrons. The monoisotopic (exact) mass is 454 g/mol. The predicted octanol–water partition coefficient (Wildman–Crippen LogP) is 4.16. The third-order valence-corrected chi connectivity index (χ3v) is 7.21. The number of rotatable bonds is 2. The Hall–Kier alpha value is -3.77. The Labute approximate surface area is 192 Å². The van der Waals surface area contributed by atoms with E-state index in [1.807, 2.05) is 18.2 Å². The van der Waals surface area contributed by atoms with Gasteiger partial charge in [0.1, 0.15) is 11.6 Å². The molecule has 162 valence electrons. The van der Waals surface area contributed by atoms with Crippen LogP contribution in [-0.2, 0) is 6.42 Å². The molecule has 1 N–H and O–H groups in total. The molecule has 0 saturated heterocycles. The highest BCUT2D eigenvalue weighted by Gasteiger charge is 2.32. The zero-order valence-electron chi connectivity index (χ0n) is 17.5. The van der Waals surface area contributed by atoms with Crippen molar-refractivity contribution in [2.24, 2.45) is 4.99 Å². The van der Waals surface area contributed by atoms with Crippen LogP contribution in [0.5, 0.6) is 5.75 Å². The predicted molar refractivity (Wildman–Crippen MR) is 127 cm³/mol. The van der Waals surface area contributed by atoms with Crippen LogP contribution in [-0.4, -0.2) is 9.67 Å². The third-order valence-electron chi connectivity index (χ3n) is 6.23. The van der Waals surface area contributed by atoms with Crippen molar-refractivity contribution in [1.82, 2.24) is 4.57 Å². The molecule has 0 amide bonds. The Morgan fingerprint density at radius 2 is 1.85 bits per heavy atom. The molecule has 6 rings (SSSR count). The first-order valence-electron chi connectivity index (χ1n) is 10.8. The maximum absolute atomic E-state index is 13.7. The van der Waals surface area contributed by atoms with Gasteiger partial charge < -0.3 is 5.11 Å². The number of aromatic nitrogens is 1. The maximum atomic E-state index is 13.7. The van der Waals surface area contributed by atoms with Gasteiger partial charge in [-0.1, -0.05) is 59.9 Å². The largest absolute Gasteiger partial charge is 0.508 e. The van der Waals surface area contributed by atoms with Crippen LogP contribution in [0.15, 0.2) is 88.2 Å². The smallest absolute Gasteiger partial charge is 0.271 e. The van der Waals surface area contributed by atoms with Crippen molar-refractivity contribution in [3.8, 4) is 5.75 Å². The number of phenolic OH excluding ortho intramolecular Hbond substituents is 1. The quantitative estimate of drug-likeness (QED) is 0.495. The molecule has 4 aromatic rings. The highest BCUT2D eigenvalue weighted by Crippen LogP contribution is 2.41. The molecule has 0 bridgehead atoms. The number of fused-ring (bicyclic) bond motifs is 3. The molecular formula is C27H19FN2O2S. The van der Waals surface area contributed by atoms with Crippen molar-refractivity contribution in [2.75, 3.05) is 0 Å². The van der Waals surface area contributed by atoms with E-state index in [0.717, 1.165) is 40.8 Å². The van der Waals surface area contributed by atoms with Crippen molar-refractivity contribution in [1.29, 1.82) is 0 Å². The Bertz CT molecular complexity index is 1610. The highest BCUT2D eigenvalue weighted by molar-refractivity contribution is 7.07. The van der Waals surface area contributed by atoms with E-state index in [0.29, 0.717) is 9.33 Å². The Morgan fingerprint density at radius 1 is 1.03 bits per heavy atom. The average molecular weight is 455 g/mol. The summed E-state index contributed by atoms with van der Waals surface area (Å²) in [6.07, 6.45) is 3.44. The van der Waals surface area contributed by atoms with Gasteiger partial charge in [-0.2, -0.15) is 0 Å². The molecule has 1 unspecified atom stereocenters. The second-order valence-corrected chi connectivity index (χ2v) is 9.27. The summed E-state index contributed by atoms with van der Waals surface area (Å²) in [5, 5.41) is 9.81. The number of aryl methyl sites for hydroxylation is 1. The van der Waals surface area contributed by atoms with Crippen LogP contribution in [0, 0.1) is 5.82 Å². The van der Waals surface area contributed by atoms with Gasteiger partial charge in [0.05, 0.1) is 16.3 Å². The van der Waals surface area contributed by atoms with Gasteiger partial charge in [0, 0.05) is 5.56 Å². The zero-order valence-corrected chi connectivity index (χ0v) is 18.3. The summed E-state index contributed by atoms with van der Waals surface area (Å²) in [7, 11) is 0. The van der Waals surface area contributed by atoms with Crippen molar-refractivity contribution in [3.05, 3.63) is 126 Å². The fourth-order valence-electron chi connectivity index (χ4n) is 4.73. The lowest BCUT2D eigenvalue weighted by Gasteiger charge is -2.30. The van der Waals surface area contributed by atoms with Gasteiger partial charge in [0.15, 0.2) is 4.80 Å². The number of hydrogen-bond acceptors (Lipinski definition) is 4. The molecule has 1 atom stereocenters. The molecule has 4 nitrogen and oxygen atoms in total. The standard InChI is InChI=1S/C27H19FN2O2S/c28-19-11-8-18(9-12-19)25-22-13-10-17-5-1-2-7-21(17)24(22)29-27-30(25)26(32)23(33-27)15-16-4-3-6-20(31)14-16/h1-9,11-12,14-15,25,31H,10,13H2/b23-15-. The fraction of sp³-hybridized carbons (Fsp3) is 0.111. The van der Waals surface area contributed by atoms with Crippen LogP contribution in [0.1, 0.15) is 34.7 Å². The number of phenols is 1. The molecule has 3 aromatic carbocycles. The summed E-state index contributed by atoms with van der Waals surface area (Å²) in [6.45, 7) is 0. The van der Waals surface area contributed by atoms with Crippen molar-refractivity contribution in [3.63, 3.8) is 0 Å². The highest BCUT2D eigenvalue weighted by atomic mass is 32.1. The lowest BCUT2D eigenvalue weighted by atomic mass is 9.83. The van der Waals surface area contributed by atoms with Crippen molar-refractivity contribution >= 4 is 23.1 Å². The van der Waals surface area contributed by atoms with E-state index in [-0.39, 0.29) is 23.2 Å². The zero-order chi connectivity index (χ0) is 22.5. The van der Waals surface area contributed by atoms with Gasteiger partial charge in [-0.15, -0.1) is 0 Å². The minimum atomic E-state index is -0.337. The summed E-state index contributed by atoms with van der Waals surface area (Å²) >= 11 is 1.33. The summed E-state index contributed by atoms with van der Waals surface area (Å²) in [6, 6.07) is 21.1. The van der Waals surface area contributed by atoms with E-state index in [9.17, 15) is 14.3 Å². The van der Waals surface area contributed by atoms with Crippen LogP contribution in [0.4, 0.5) is 4.39 Å². The Morgan fingerprint density at radius 3 is 2.67 bits per heavy atom. The van der Waals surface area contributed by atoms with Crippen molar-refractivity contribution in [2.45, 2.75) is 18.9 Å². The van der Waals surface area contributed by atoms with E-state index in [1.54, 1.807) is 41.0 Å². The number of allylic oxidation sites excluding steroid dienone is 1. The molecule has 1 aliphatic carbocycles. The molecular weight excluding hydrogens is 435 g/mol.